The van der Waals surface area contributed by atoms with Crippen LogP contribution in [0.5, 0.6) is 0 Å². The lowest BCUT2D eigenvalue weighted by Gasteiger charge is -1.93. The molecule has 1 rings (SSSR count). The second-order valence-electron chi connectivity index (χ2n) is 2.55. The number of rotatable bonds is 1. The maximum Gasteiger partial charge on any atom is 0.490 e. The van der Waals surface area contributed by atoms with E-state index < -0.39 is 18.1 Å². The van der Waals surface area contributed by atoms with Gasteiger partial charge >= 0.3 is 12.1 Å². The van der Waals surface area contributed by atoms with E-state index in [0.29, 0.717) is 11.5 Å². The molecule has 16 heavy (non-hydrogen) atoms. The first-order chi connectivity index (χ1) is 7.14. The number of carboxylic acid groups (broad SMARTS) is 1. The van der Waals surface area contributed by atoms with Gasteiger partial charge in [0.25, 0.3) is 5.91 Å². The Hall–Kier alpha value is -2.06. The van der Waals surface area contributed by atoms with Crippen LogP contribution in [0.25, 0.3) is 0 Å². The fourth-order valence-corrected chi connectivity index (χ4v) is 0.546. The second kappa shape index (κ2) is 5.14. The van der Waals surface area contributed by atoms with Crippen LogP contribution in [0, 0.1) is 6.92 Å². The molecule has 0 aliphatic carbocycles. The van der Waals surface area contributed by atoms with Crippen molar-refractivity contribution in [3.05, 3.63) is 17.7 Å². The Morgan fingerprint density at radius 3 is 2.06 bits per heavy atom. The van der Waals surface area contributed by atoms with E-state index in [1.54, 1.807) is 6.92 Å². The molecule has 0 aromatic carbocycles. The summed E-state index contributed by atoms with van der Waals surface area (Å²) in [6.07, 6.45) is -3.67. The lowest BCUT2D eigenvalue weighted by Crippen LogP contribution is -2.21. The average molecular weight is 239 g/mol. The first-order valence-corrected chi connectivity index (χ1v) is 3.76. The lowest BCUT2D eigenvalue weighted by atomic mass is 10.5. The number of H-pyrrole nitrogens is 1. The van der Waals surface area contributed by atoms with Gasteiger partial charge in [-0.15, -0.1) is 0 Å². The van der Waals surface area contributed by atoms with Crippen LogP contribution in [-0.4, -0.2) is 33.1 Å². The van der Waals surface area contributed by atoms with Crippen LogP contribution in [0.1, 0.15) is 16.3 Å². The van der Waals surface area contributed by atoms with Crippen LogP contribution in [-0.2, 0) is 4.79 Å². The second-order valence-corrected chi connectivity index (χ2v) is 2.55. The molecule has 1 heterocycles. The van der Waals surface area contributed by atoms with Crippen LogP contribution in [0.15, 0.2) is 6.20 Å². The number of hydrogen-bond acceptors (Lipinski definition) is 3. The van der Waals surface area contributed by atoms with Gasteiger partial charge in [-0.1, -0.05) is 0 Å². The average Bonchev–Trinajstić information content (AvgIpc) is 2.51. The molecule has 0 saturated heterocycles. The van der Waals surface area contributed by atoms with Gasteiger partial charge in [-0.25, -0.2) is 9.78 Å². The van der Waals surface area contributed by atoms with Gasteiger partial charge in [-0.3, -0.25) is 4.79 Å². The van der Waals surface area contributed by atoms with Crippen molar-refractivity contribution in [3.63, 3.8) is 0 Å². The van der Waals surface area contributed by atoms with Gasteiger partial charge in [0, 0.05) is 0 Å². The molecule has 0 saturated carbocycles. The third-order valence-corrected chi connectivity index (χ3v) is 1.21. The fraction of sp³-hybridized carbons (Fsp3) is 0.286. The number of aliphatic carboxylic acids is 1. The van der Waals surface area contributed by atoms with Crippen LogP contribution in [0.4, 0.5) is 13.2 Å². The number of imidazole rings is 1. The summed E-state index contributed by atoms with van der Waals surface area (Å²) < 4.78 is 31.7. The van der Waals surface area contributed by atoms with Crippen molar-refractivity contribution in [3.8, 4) is 0 Å². The van der Waals surface area contributed by atoms with Gasteiger partial charge in [0.15, 0.2) is 0 Å². The maximum atomic E-state index is 10.6. The molecular formula is C7H8F3N3O3. The molecule has 0 radical (unpaired) electrons. The number of nitrogens with two attached hydrogens (primary N) is 1. The molecule has 6 nitrogen and oxygen atoms in total. The number of halogens is 3. The van der Waals surface area contributed by atoms with Gasteiger partial charge in [0.1, 0.15) is 11.5 Å². The van der Waals surface area contributed by atoms with Gasteiger partial charge in [0.2, 0.25) is 0 Å². The van der Waals surface area contributed by atoms with Crippen molar-refractivity contribution >= 4 is 11.9 Å². The highest BCUT2D eigenvalue weighted by molar-refractivity contribution is 5.90. The van der Waals surface area contributed by atoms with Gasteiger partial charge in [-0.2, -0.15) is 13.2 Å². The Kier molecular flexibility index (Phi) is 4.48. The first-order valence-electron chi connectivity index (χ1n) is 3.76. The topological polar surface area (TPSA) is 109 Å². The number of carbonyl (C=O) groups is 2. The van der Waals surface area contributed by atoms with E-state index in [1.165, 1.54) is 6.20 Å². The zero-order valence-electron chi connectivity index (χ0n) is 8.00. The molecule has 0 aliphatic heterocycles. The Morgan fingerprint density at radius 2 is 1.94 bits per heavy atom. The Labute approximate surface area is 87.3 Å². The predicted octanol–water partition coefficient (Wildman–Crippen LogP) is 0.450. The zero-order chi connectivity index (χ0) is 12.9. The standard InChI is InChI=1S/C5H7N3O.C2HF3O2/c1-3-7-2-4(8-3)5(6)9;3-2(4,5)1(6)7/h2H,1H3,(H2,6,9)(H,7,8);(H,6,7). The SMILES string of the molecule is Cc1ncc(C(N)=O)[nH]1.O=C(O)C(F)(F)F. The van der Waals surface area contributed by atoms with Gasteiger partial charge < -0.3 is 15.8 Å². The minimum absolute atomic E-state index is 0.354. The zero-order valence-corrected chi connectivity index (χ0v) is 8.00. The number of alkyl halides is 3. The summed E-state index contributed by atoms with van der Waals surface area (Å²) >= 11 is 0. The summed E-state index contributed by atoms with van der Waals surface area (Å²) in [4.78, 5) is 25.7. The largest absolute Gasteiger partial charge is 0.490 e. The molecule has 0 bridgehead atoms. The summed E-state index contributed by atoms with van der Waals surface area (Å²) in [6.45, 7) is 1.76. The number of carbonyl (C=O) groups excluding carboxylic acids is 1. The third kappa shape index (κ3) is 4.98. The number of nitrogens with zero attached hydrogens (tertiary/aromatic N) is 1. The summed E-state index contributed by atoms with van der Waals surface area (Å²) in [5.41, 5.74) is 5.27. The summed E-state index contributed by atoms with van der Waals surface area (Å²) in [5.74, 6) is -2.54. The maximum absolute atomic E-state index is 10.6. The monoisotopic (exact) mass is 239 g/mol. The number of aromatic amines is 1. The first kappa shape index (κ1) is 13.9. The highest BCUT2D eigenvalue weighted by Gasteiger charge is 2.38. The highest BCUT2D eigenvalue weighted by atomic mass is 19.4. The van der Waals surface area contributed by atoms with Crippen molar-refractivity contribution in [2.75, 3.05) is 0 Å². The van der Waals surface area contributed by atoms with Crippen molar-refractivity contribution in [1.29, 1.82) is 0 Å². The van der Waals surface area contributed by atoms with E-state index in [1.807, 2.05) is 0 Å². The number of amides is 1. The quantitative estimate of drug-likeness (QED) is 0.660. The molecule has 0 aliphatic rings. The minimum atomic E-state index is -5.08. The minimum Gasteiger partial charge on any atom is -0.475 e. The number of carboxylic acids is 1. The Bertz CT molecular complexity index is 386. The van der Waals surface area contributed by atoms with Crippen LogP contribution in [0.3, 0.4) is 0 Å². The van der Waals surface area contributed by atoms with E-state index in [4.69, 9.17) is 15.6 Å². The molecule has 0 atom stereocenters. The number of aryl methyl sites for hydroxylation is 1. The van der Waals surface area contributed by atoms with Crippen molar-refractivity contribution in [1.82, 2.24) is 9.97 Å². The normalized spacial score (nSPS) is 10.2. The summed E-state index contributed by atoms with van der Waals surface area (Å²) in [6, 6.07) is 0. The Balaban J connectivity index is 0.000000293. The van der Waals surface area contributed by atoms with Crippen LogP contribution >= 0.6 is 0 Å². The van der Waals surface area contributed by atoms with E-state index in [2.05, 4.69) is 9.97 Å². The molecule has 0 spiro atoms. The van der Waals surface area contributed by atoms with Crippen LogP contribution in [0.2, 0.25) is 0 Å². The molecule has 4 N–H and O–H groups in total. The number of hydrogen-bond donors (Lipinski definition) is 3. The van der Waals surface area contributed by atoms with Crippen LogP contribution < -0.4 is 5.73 Å². The molecule has 9 heteroatoms. The number of aromatic nitrogens is 2. The van der Waals surface area contributed by atoms with E-state index >= 15 is 0 Å². The van der Waals surface area contributed by atoms with Gasteiger partial charge in [0.05, 0.1) is 6.20 Å². The van der Waals surface area contributed by atoms with E-state index in [0.717, 1.165) is 0 Å². The summed E-state index contributed by atoms with van der Waals surface area (Å²) in [7, 11) is 0. The smallest absolute Gasteiger partial charge is 0.475 e. The van der Waals surface area contributed by atoms with Crippen molar-refractivity contribution in [2.45, 2.75) is 13.1 Å². The molecule has 0 unspecified atom stereocenters. The summed E-state index contributed by atoms with van der Waals surface area (Å²) in [5, 5.41) is 7.12. The predicted molar refractivity (Wildman–Crippen MR) is 45.5 cm³/mol. The fourth-order valence-electron chi connectivity index (χ4n) is 0.546. The molecular weight excluding hydrogens is 231 g/mol. The molecule has 90 valence electrons. The lowest BCUT2D eigenvalue weighted by molar-refractivity contribution is -0.192. The van der Waals surface area contributed by atoms with E-state index in [-0.39, 0.29) is 0 Å². The third-order valence-electron chi connectivity index (χ3n) is 1.21. The molecule has 1 aromatic heterocycles. The molecule has 1 aromatic rings. The molecule has 1 amide bonds. The molecule has 0 fully saturated rings. The Morgan fingerprint density at radius 1 is 1.50 bits per heavy atom. The van der Waals surface area contributed by atoms with Gasteiger partial charge in [-0.05, 0) is 6.92 Å². The highest BCUT2D eigenvalue weighted by Crippen LogP contribution is 2.13. The van der Waals surface area contributed by atoms with Crippen molar-refractivity contribution < 1.29 is 27.9 Å². The number of primary amides is 1. The van der Waals surface area contributed by atoms with E-state index in [9.17, 15) is 18.0 Å². The number of nitrogens with one attached hydrogen (secondary N) is 1. The van der Waals surface area contributed by atoms with Crippen molar-refractivity contribution in [2.24, 2.45) is 5.73 Å².